The average Bonchev–Trinajstić information content (AvgIpc) is 2.73. The summed E-state index contributed by atoms with van der Waals surface area (Å²) in [7, 11) is -1.84. The molecule has 108 valence electrons. The molecule has 20 heavy (non-hydrogen) atoms. The zero-order chi connectivity index (χ0) is 14.9. The molecule has 1 aromatic carbocycles. The zero-order valence-corrected chi connectivity index (χ0v) is 12.8. The Morgan fingerprint density at radius 3 is 2.60 bits per heavy atom. The minimum Gasteiger partial charge on any atom is -0.397 e. The van der Waals surface area contributed by atoms with Gasteiger partial charge in [0.15, 0.2) is 0 Å². The van der Waals surface area contributed by atoms with Crippen molar-refractivity contribution in [2.24, 2.45) is 5.14 Å². The van der Waals surface area contributed by atoms with E-state index in [1.54, 1.807) is 22.9 Å². The number of benzene rings is 1. The van der Waals surface area contributed by atoms with Crippen LogP contribution >= 0.6 is 11.3 Å². The summed E-state index contributed by atoms with van der Waals surface area (Å²) in [5, 5.41) is 5.08. The molecule has 0 amide bonds. The fourth-order valence-electron chi connectivity index (χ4n) is 1.84. The van der Waals surface area contributed by atoms with E-state index in [1.807, 2.05) is 18.9 Å². The predicted octanol–water partition coefficient (Wildman–Crippen LogP) is 1.32. The van der Waals surface area contributed by atoms with Gasteiger partial charge in [0.05, 0.1) is 34.0 Å². The number of primary sulfonamides is 1. The summed E-state index contributed by atoms with van der Waals surface area (Å²) in [6.07, 6.45) is 0. The Morgan fingerprint density at radius 2 is 2.10 bits per heavy atom. The lowest BCUT2D eigenvalue weighted by atomic mass is 10.2. The predicted molar refractivity (Wildman–Crippen MR) is 81.2 cm³/mol. The molecule has 6 nitrogen and oxygen atoms in total. The highest BCUT2D eigenvalue weighted by Gasteiger charge is 2.13. The summed E-state index contributed by atoms with van der Waals surface area (Å²) < 4.78 is 22.5. The number of thiazole rings is 1. The standard InChI is InChI=1S/C12H16N4O2S2/c1-8-12(19-7-15-8)6-16(2)11-4-3-9(5-10(11)13)20(14,17)18/h3-5,7H,6,13H2,1-2H3,(H2,14,17,18). The Balaban J connectivity index is 2.27. The van der Waals surface area contributed by atoms with Gasteiger partial charge in [-0.15, -0.1) is 11.3 Å². The van der Waals surface area contributed by atoms with Gasteiger partial charge < -0.3 is 10.6 Å². The van der Waals surface area contributed by atoms with Crippen molar-refractivity contribution < 1.29 is 8.42 Å². The van der Waals surface area contributed by atoms with Crippen LogP contribution in [0.1, 0.15) is 10.6 Å². The monoisotopic (exact) mass is 312 g/mol. The van der Waals surface area contributed by atoms with Gasteiger partial charge in [0.25, 0.3) is 0 Å². The molecule has 4 N–H and O–H groups in total. The van der Waals surface area contributed by atoms with Crippen molar-refractivity contribution in [3.63, 3.8) is 0 Å². The average molecular weight is 312 g/mol. The lowest BCUT2D eigenvalue weighted by Crippen LogP contribution is -2.19. The normalized spacial score (nSPS) is 11.6. The summed E-state index contributed by atoms with van der Waals surface area (Å²) in [6.45, 7) is 2.61. The first-order valence-corrected chi connectivity index (χ1v) is 8.24. The summed E-state index contributed by atoms with van der Waals surface area (Å²) in [5.74, 6) is 0. The van der Waals surface area contributed by atoms with E-state index in [0.717, 1.165) is 16.3 Å². The van der Waals surface area contributed by atoms with Gasteiger partial charge in [-0.2, -0.15) is 0 Å². The van der Waals surface area contributed by atoms with Gasteiger partial charge in [-0.25, -0.2) is 18.5 Å². The molecule has 0 saturated heterocycles. The molecule has 0 saturated carbocycles. The number of nitrogens with zero attached hydrogens (tertiary/aromatic N) is 2. The fourth-order valence-corrected chi connectivity index (χ4v) is 3.21. The number of anilines is 2. The maximum atomic E-state index is 11.3. The van der Waals surface area contributed by atoms with Crippen LogP contribution in [0.2, 0.25) is 0 Å². The van der Waals surface area contributed by atoms with Crippen molar-refractivity contribution in [3.8, 4) is 0 Å². The highest BCUT2D eigenvalue weighted by molar-refractivity contribution is 7.89. The number of rotatable bonds is 4. The molecule has 8 heteroatoms. The lowest BCUT2D eigenvalue weighted by Gasteiger charge is -2.21. The maximum absolute atomic E-state index is 11.3. The van der Waals surface area contributed by atoms with Gasteiger partial charge in [-0.1, -0.05) is 0 Å². The van der Waals surface area contributed by atoms with Crippen molar-refractivity contribution >= 4 is 32.7 Å². The van der Waals surface area contributed by atoms with Gasteiger partial charge >= 0.3 is 0 Å². The quantitative estimate of drug-likeness (QED) is 0.829. The van der Waals surface area contributed by atoms with E-state index in [2.05, 4.69) is 4.98 Å². The number of nitrogens with two attached hydrogens (primary N) is 2. The smallest absolute Gasteiger partial charge is 0.238 e. The highest BCUT2D eigenvalue weighted by Crippen LogP contribution is 2.27. The maximum Gasteiger partial charge on any atom is 0.238 e. The molecule has 0 fully saturated rings. The number of nitrogen functional groups attached to an aromatic ring is 1. The molecule has 0 atom stereocenters. The van der Waals surface area contributed by atoms with Gasteiger partial charge in [0.1, 0.15) is 0 Å². The Hall–Kier alpha value is -1.64. The van der Waals surface area contributed by atoms with Crippen LogP contribution in [0, 0.1) is 6.92 Å². The molecule has 1 aromatic heterocycles. The second kappa shape index (κ2) is 5.39. The third kappa shape index (κ3) is 3.09. The minimum absolute atomic E-state index is 0.0149. The third-order valence-electron chi connectivity index (χ3n) is 2.96. The van der Waals surface area contributed by atoms with Gasteiger partial charge in [0.2, 0.25) is 10.0 Å². The lowest BCUT2D eigenvalue weighted by molar-refractivity contribution is 0.598. The molecule has 0 aliphatic heterocycles. The minimum atomic E-state index is -3.73. The molecule has 0 unspecified atom stereocenters. The number of aryl methyl sites for hydroxylation is 1. The number of hydrogen-bond acceptors (Lipinski definition) is 6. The van der Waals surface area contributed by atoms with Crippen molar-refractivity contribution in [1.29, 1.82) is 0 Å². The van der Waals surface area contributed by atoms with E-state index in [0.29, 0.717) is 12.2 Å². The van der Waals surface area contributed by atoms with Crippen molar-refractivity contribution in [2.45, 2.75) is 18.4 Å². The van der Waals surface area contributed by atoms with E-state index >= 15 is 0 Å². The third-order valence-corrected chi connectivity index (χ3v) is 4.80. The van der Waals surface area contributed by atoms with Crippen molar-refractivity contribution in [1.82, 2.24) is 4.98 Å². The van der Waals surface area contributed by atoms with Crippen LogP contribution in [0.15, 0.2) is 28.6 Å². The van der Waals surface area contributed by atoms with Crippen LogP contribution in [0.4, 0.5) is 11.4 Å². The molecule has 0 spiro atoms. The van der Waals surface area contributed by atoms with Crippen LogP contribution in [0.5, 0.6) is 0 Å². The summed E-state index contributed by atoms with van der Waals surface area (Å²) >= 11 is 1.58. The summed E-state index contributed by atoms with van der Waals surface area (Å²) in [4.78, 5) is 7.30. The molecule has 0 radical (unpaired) electrons. The van der Waals surface area contributed by atoms with Gasteiger partial charge in [-0.05, 0) is 25.1 Å². The highest BCUT2D eigenvalue weighted by atomic mass is 32.2. The van der Waals surface area contributed by atoms with Crippen LogP contribution in [0.25, 0.3) is 0 Å². The van der Waals surface area contributed by atoms with Crippen LogP contribution in [-0.4, -0.2) is 20.4 Å². The SMILES string of the molecule is Cc1ncsc1CN(C)c1ccc(S(N)(=O)=O)cc1N. The first kappa shape index (κ1) is 14.8. The van der Waals surface area contributed by atoms with Crippen LogP contribution in [0.3, 0.4) is 0 Å². The van der Waals surface area contributed by atoms with Gasteiger partial charge in [-0.3, -0.25) is 0 Å². The van der Waals surface area contributed by atoms with Crippen molar-refractivity contribution in [2.75, 3.05) is 17.7 Å². The van der Waals surface area contributed by atoms with E-state index in [9.17, 15) is 8.42 Å². The van der Waals surface area contributed by atoms with Gasteiger partial charge in [0, 0.05) is 11.9 Å². The fraction of sp³-hybridized carbons (Fsp3) is 0.250. The largest absolute Gasteiger partial charge is 0.397 e. The summed E-state index contributed by atoms with van der Waals surface area (Å²) in [6, 6.07) is 4.49. The summed E-state index contributed by atoms with van der Waals surface area (Å²) in [5.41, 5.74) is 9.83. The molecular weight excluding hydrogens is 296 g/mol. The van der Waals surface area contributed by atoms with Crippen LogP contribution in [-0.2, 0) is 16.6 Å². The zero-order valence-electron chi connectivity index (χ0n) is 11.2. The van der Waals surface area contributed by atoms with Crippen molar-refractivity contribution in [3.05, 3.63) is 34.3 Å². The molecular formula is C12H16N4O2S2. The molecule has 2 aromatic rings. The Kier molecular flexibility index (Phi) is 3.98. The van der Waals surface area contributed by atoms with E-state index in [-0.39, 0.29) is 4.90 Å². The first-order valence-electron chi connectivity index (χ1n) is 5.81. The topological polar surface area (TPSA) is 102 Å². The molecule has 1 heterocycles. The molecule has 0 bridgehead atoms. The first-order chi connectivity index (χ1) is 9.29. The number of sulfonamides is 1. The molecule has 2 rings (SSSR count). The molecule has 0 aliphatic rings. The molecule has 0 aliphatic carbocycles. The second-order valence-electron chi connectivity index (χ2n) is 4.48. The van der Waals surface area contributed by atoms with E-state index in [1.165, 1.54) is 12.1 Å². The Bertz CT molecular complexity index is 725. The number of hydrogen-bond donors (Lipinski definition) is 2. The second-order valence-corrected chi connectivity index (χ2v) is 6.98. The Labute approximate surface area is 122 Å². The van der Waals surface area contributed by atoms with E-state index in [4.69, 9.17) is 10.9 Å². The van der Waals surface area contributed by atoms with Crippen LogP contribution < -0.4 is 15.8 Å². The van der Waals surface area contributed by atoms with E-state index < -0.39 is 10.0 Å². The number of aromatic nitrogens is 1. The Morgan fingerprint density at radius 1 is 1.40 bits per heavy atom.